The minimum Gasteiger partial charge on any atom is -0.497 e. The summed E-state index contributed by atoms with van der Waals surface area (Å²) in [6, 6.07) is 11.0. The average Bonchev–Trinajstić information content (AvgIpc) is 2.63. The third-order valence-corrected chi connectivity index (χ3v) is 4.17. The highest BCUT2D eigenvalue weighted by atomic mass is 16.5. The van der Waals surface area contributed by atoms with Gasteiger partial charge in [0.25, 0.3) is 5.91 Å². The number of aryl methyl sites for hydroxylation is 3. The molecule has 2 aromatic rings. The zero-order chi connectivity index (χ0) is 20.0. The largest absolute Gasteiger partial charge is 0.497 e. The molecule has 0 saturated heterocycles. The molecule has 0 saturated carbocycles. The second-order valence-electron chi connectivity index (χ2n) is 6.54. The summed E-state index contributed by atoms with van der Waals surface area (Å²) in [5, 5.41) is 2.89. The highest BCUT2D eigenvalue weighted by molar-refractivity contribution is 5.95. The van der Waals surface area contributed by atoms with Crippen LogP contribution in [0.1, 0.15) is 16.7 Å². The first-order valence-corrected chi connectivity index (χ1v) is 8.68. The van der Waals surface area contributed by atoms with Gasteiger partial charge in [-0.25, -0.2) is 0 Å². The minimum absolute atomic E-state index is 0.0441. The number of nitrogens with one attached hydrogen (secondary N) is 1. The topological polar surface area (TPSA) is 67.9 Å². The third-order valence-electron chi connectivity index (χ3n) is 4.17. The number of benzene rings is 2. The zero-order valence-corrected chi connectivity index (χ0v) is 16.5. The second-order valence-corrected chi connectivity index (χ2v) is 6.54. The van der Waals surface area contributed by atoms with E-state index in [2.05, 4.69) is 5.32 Å². The summed E-state index contributed by atoms with van der Waals surface area (Å²) >= 11 is 0. The Kier molecular flexibility index (Phi) is 6.82. The molecule has 0 heterocycles. The van der Waals surface area contributed by atoms with E-state index in [0.717, 1.165) is 22.4 Å². The normalized spacial score (nSPS) is 10.3. The number of nitrogens with zero attached hydrogens (tertiary/aromatic N) is 1. The van der Waals surface area contributed by atoms with E-state index in [1.54, 1.807) is 38.4 Å². The molecule has 0 fully saturated rings. The highest BCUT2D eigenvalue weighted by Gasteiger charge is 2.15. The zero-order valence-electron chi connectivity index (χ0n) is 16.5. The maximum absolute atomic E-state index is 12.3. The molecule has 2 aromatic carbocycles. The molecule has 0 aliphatic rings. The molecule has 27 heavy (non-hydrogen) atoms. The number of hydrogen-bond donors (Lipinski definition) is 1. The molecule has 2 amide bonds. The summed E-state index contributed by atoms with van der Waals surface area (Å²) in [7, 11) is 3.16. The van der Waals surface area contributed by atoms with Crippen LogP contribution >= 0.6 is 0 Å². The van der Waals surface area contributed by atoms with Crippen molar-refractivity contribution in [3.63, 3.8) is 0 Å². The number of methoxy groups -OCH3 is 1. The molecule has 1 N–H and O–H groups in total. The fourth-order valence-corrected chi connectivity index (χ4v) is 2.79. The quantitative estimate of drug-likeness (QED) is 0.813. The van der Waals surface area contributed by atoms with E-state index in [9.17, 15) is 9.59 Å². The van der Waals surface area contributed by atoms with Gasteiger partial charge in [-0.15, -0.1) is 0 Å². The molecule has 0 spiro atoms. The van der Waals surface area contributed by atoms with Gasteiger partial charge in [-0.3, -0.25) is 9.59 Å². The van der Waals surface area contributed by atoms with Crippen LogP contribution in [0.3, 0.4) is 0 Å². The molecule has 6 heteroatoms. The number of ether oxygens (including phenoxy) is 2. The Morgan fingerprint density at radius 3 is 2.11 bits per heavy atom. The van der Waals surface area contributed by atoms with Crippen molar-refractivity contribution in [2.45, 2.75) is 20.8 Å². The van der Waals surface area contributed by atoms with Crippen LogP contribution in [0.5, 0.6) is 11.5 Å². The lowest BCUT2D eigenvalue weighted by Gasteiger charge is -2.18. The lowest BCUT2D eigenvalue weighted by molar-refractivity contribution is -0.135. The van der Waals surface area contributed by atoms with Crippen LogP contribution in [0.2, 0.25) is 0 Å². The predicted octanol–water partition coefficient (Wildman–Crippen LogP) is 3.10. The number of likely N-dealkylation sites (N-methyl/N-ethyl adjacent to an activating group) is 1. The molecule has 0 radical (unpaired) electrons. The SMILES string of the molecule is COc1ccc(OCC(=O)N(C)CC(=O)Nc2c(C)cc(C)cc2C)cc1. The lowest BCUT2D eigenvalue weighted by atomic mass is 10.1. The van der Waals surface area contributed by atoms with Gasteiger partial charge < -0.3 is 19.7 Å². The van der Waals surface area contributed by atoms with E-state index < -0.39 is 0 Å². The molecular weight excluding hydrogens is 344 g/mol. The van der Waals surface area contributed by atoms with Crippen LogP contribution in [-0.2, 0) is 9.59 Å². The van der Waals surface area contributed by atoms with E-state index in [0.29, 0.717) is 11.5 Å². The molecular formula is C21H26N2O4. The van der Waals surface area contributed by atoms with Crippen molar-refractivity contribution in [3.05, 3.63) is 53.1 Å². The molecule has 2 rings (SSSR count). The fourth-order valence-electron chi connectivity index (χ4n) is 2.79. The van der Waals surface area contributed by atoms with E-state index in [-0.39, 0.29) is 25.0 Å². The first-order chi connectivity index (χ1) is 12.8. The number of amides is 2. The van der Waals surface area contributed by atoms with Crippen molar-refractivity contribution in [1.29, 1.82) is 0 Å². The van der Waals surface area contributed by atoms with Crippen molar-refractivity contribution < 1.29 is 19.1 Å². The third kappa shape index (κ3) is 5.74. The summed E-state index contributed by atoms with van der Waals surface area (Å²) in [5.41, 5.74) is 3.93. The van der Waals surface area contributed by atoms with Gasteiger partial charge in [0.2, 0.25) is 5.91 Å². The summed E-state index contributed by atoms with van der Waals surface area (Å²) in [6.07, 6.45) is 0. The summed E-state index contributed by atoms with van der Waals surface area (Å²) in [6.45, 7) is 5.73. The molecule has 6 nitrogen and oxygen atoms in total. The number of anilines is 1. The summed E-state index contributed by atoms with van der Waals surface area (Å²) < 4.78 is 10.5. The predicted molar refractivity (Wildman–Crippen MR) is 105 cm³/mol. The Morgan fingerprint density at radius 1 is 1.00 bits per heavy atom. The summed E-state index contributed by atoms with van der Waals surface area (Å²) in [5.74, 6) is 0.751. The van der Waals surface area contributed by atoms with Gasteiger partial charge in [0.05, 0.1) is 13.7 Å². The van der Waals surface area contributed by atoms with Crippen molar-refractivity contribution in [3.8, 4) is 11.5 Å². The van der Waals surface area contributed by atoms with Gasteiger partial charge in [-0.2, -0.15) is 0 Å². The summed E-state index contributed by atoms with van der Waals surface area (Å²) in [4.78, 5) is 25.8. The maximum Gasteiger partial charge on any atom is 0.260 e. The minimum atomic E-state index is -0.279. The molecule has 0 aliphatic carbocycles. The van der Waals surface area contributed by atoms with E-state index in [4.69, 9.17) is 9.47 Å². The van der Waals surface area contributed by atoms with E-state index >= 15 is 0 Å². The second kappa shape index (κ2) is 9.07. The maximum atomic E-state index is 12.3. The number of hydrogen-bond acceptors (Lipinski definition) is 4. The molecule has 0 aliphatic heterocycles. The van der Waals surface area contributed by atoms with Gasteiger partial charge in [0.15, 0.2) is 6.61 Å². The van der Waals surface area contributed by atoms with Crippen molar-refractivity contribution in [1.82, 2.24) is 4.90 Å². The first-order valence-electron chi connectivity index (χ1n) is 8.68. The van der Waals surface area contributed by atoms with Crippen LogP contribution in [0.15, 0.2) is 36.4 Å². The van der Waals surface area contributed by atoms with Gasteiger partial charge >= 0.3 is 0 Å². The number of carbonyl (C=O) groups is 2. The van der Waals surface area contributed by atoms with Gasteiger partial charge in [-0.1, -0.05) is 17.7 Å². The van der Waals surface area contributed by atoms with Crippen LogP contribution < -0.4 is 14.8 Å². The smallest absolute Gasteiger partial charge is 0.260 e. The first kappa shape index (κ1) is 20.3. The Labute approximate surface area is 160 Å². The molecule has 144 valence electrons. The standard InChI is InChI=1S/C21H26N2O4/c1-14-10-15(2)21(16(3)11-14)22-19(24)12-23(4)20(25)13-27-18-8-6-17(26-5)7-9-18/h6-11H,12-13H2,1-5H3,(H,22,24). The Hall–Kier alpha value is -3.02. The van der Waals surface area contributed by atoms with Crippen molar-refractivity contribution in [2.75, 3.05) is 32.6 Å². The van der Waals surface area contributed by atoms with Crippen LogP contribution in [-0.4, -0.2) is 44.0 Å². The average molecular weight is 370 g/mol. The Bertz CT molecular complexity index is 792. The highest BCUT2D eigenvalue weighted by Crippen LogP contribution is 2.22. The number of rotatable bonds is 7. The van der Waals surface area contributed by atoms with Crippen LogP contribution in [0.25, 0.3) is 0 Å². The van der Waals surface area contributed by atoms with Gasteiger partial charge in [0.1, 0.15) is 11.5 Å². The van der Waals surface area contributed by atoms with E-state index in [1.807, 2.05) is 32.9 Å². The Balaban J connectivity index is 1.87. The van der Waals surface area contributed by atoms with Crippen molar-refractivity contribution in [2.24, 2.45) is 0 Å². The molecule has 0 bridgehead atoms. The number of carbonyl (C=O) groups excluding carboxylic acids is 2. The van der Waals surface area contributed by atoms with E-state index in [1.165, 1.54) is 4.90 Å². The Morgan fingerprint density at radius 2 is 1.56 bits per heavy atom. The van der Waals surface area contributed by atoms with Crippen molar-refractivity contribution >= 4 is 17.5 Å². The molecule has 0 aromatic heterocycles. The molecule has 0 atom stereocenters. The monoisotopic (exact) mass is 370 g/mol. The fraction of sp³-hybridized carbons (Fsp3) is 0.333. The van der Waals surface area contributed by atoms with Gasteiger partial charge in [-0.05, 0) is 56.2 Å². The van der Waals surface area contributed by atoms with Crippen LogP contribution in [0.4, 0.5) is 5.69 Å². The van der Waals surface area contributed by atoms with Gasteiger partial charge in [0, 0.05) is 12.7 Å². The van der Waals surface area contributed by atoms with Crippen LogP contribution in [0, 0.1) is 20.8 Å². The molecule has 0 unspecified atom stereocenters. The lowest BCUT2D eigenvalue weighted by Crippen LogP contribution is -2.37.